The molecule has 0 aliphatic carbocycles. The summed E-state index contributed by atoms with van der Waals surface area (Å²) in [5.41, 5.74) is 1.58. The number of thiazole rings is 1. The van der Waals surface area contributed by atoms with Crippen LogP contribution in [-0.2, 0) is 16.1 Å². The van der Waals surface area contributed by atoms with E-state index in [4.69, 9.17) is 4.74 Å². The first kappa shape index (κ1) is 19.8. The minimum atomic E-state index is -0.806. The normalized spacial score (nSPS) is 12.1. The first-order valence-electron chi connectivity index (χ1n) is 8.85. The highest BCUT2D eigenvalue weighted by Gasteiger charge is 2.26. The van der Waals surface area contributed by atoms with Crippen molar-refractivity contribution in [2.24, 2.45) is 5.92 Å². The second-order valence-electron chi connectivity index (χ2n) is 6.81. The molecular weight excluding hydrogens is 378 g/mol. The van der Waals surface area contributed by atoms with E-state index in [1.165, 1.54) is 21.8 Å². The van der Waals surface area contributed by atoms with Gasteiger partial charge in [-0.25, -0.2) is 9.78 Å². The summed E-state index contributed by atoms with van der Waals surface area (Å²) in [6.07, 6.45) is 1.64. The Kier molecular flexibility index (Phi) is 5.89. The van der Waals surface area contributed by atoms with Crippen LogP contribution >= 0.6 is 11.3 Å². The van der Waals surface area contributed by atoms with Gasteiger partial charge in [-0.2, -0.15) is 0 Å². The van der Waals surface area contributed by atoms with Crippen molar-refractivity contribution in [3.8, 4) is 0 Å². The first-order chi connectivity index (χ1) is 13.3. The van der Waals surface area contributed by atoms with Crippen LogP contribution in [0.2, 0.25) is 0 Å². The Hall–Kier alpha value is -3.00. The standard InChI is InChI=1S/C20H21N3O4S/c1-12(2)17(22-18(25)14-6-4-5-13(3)9-14)19(26)27-11-15-10-16(24)23-7-8-28-20(23)21-15/h4-10,12,17H,11H2,1-3H3,(H,22,25)/t17-/m1/s1. The summed E-state index contributed by atoms with van der Waals surface area (Å²) in [6, 6.07) is 7.66. The van der Waals surface area contributed by atoms with E-state index in [1.54, 1.807) is 29.8 Å². The van der Waals surface area contributed by atoms with Crippen LogP contribution < -0.4 is 10.9 Å². The third kappa shape index (κ3) is 4.45. The fourth-order valence-corrected chi connectivity index (χ4v) is 3.44. The minimum Gasteiger partial charge on any atom is -0.458 e. The number of nitrogens with zero attached hydrogens (tertiary/aromatic N) is 2. The van der Waals surface area contributed by atoms with Gasteiger partial charge in [-0.1, -0.05) is 31.5 Å². The van der Waals surface area contributed by atoms with E-state index < -0.39 is 12.0 Å². The molecule has 3 aromatic rings. The third-order valence-corrected chi connectivity index (χ3v) is 4.96. The number of fused-ring (bicyclic) bond motifs is 1. The van der Waals surface area contributed by atoms with Gasteiger partial charge in [0.15, 0.2) is 4.96 Å². The van der Waals surface area contributed by atoms with Crippen LogP contribution in [0.1, 0.15) is 35.5 Å². The van der Waals surface area contributed by atoms with E-state index in [0.29, 0.717) is 16.2 Å². The maximum atomic E-state index is 12.5. The zero-order valence-corrected chi connectivity index (χ0v) is 16.7. The Morgan fingerprint density at radius 2 is 2.07 bits per heavy atom. The van der Waals surface area contributed by atoms with Crippen LogP contribution in [0, 0.1) is 12.8 Å². The molecule has 28 heavy (non-hydrogen) atoms. The number of carbonyl (C=O) groups is 2. The van der Waals surface area contributed by atoms with Gasteiger partial charge in [-0.3, -0.25) is 14.0 Å². The number of amides is 1. The Morgan fingerprint density at radius 3 is 2.79 bits per heavy atom. The van der Waals surface area contributed by atoms with E-state index in [9.17, 15) is 14.4 Å². The lowest BCUT2D eigenvalue weighted by atomic mass is 10.0. The monoisotopic (exact) mass is 399 g/mol. The molecule has 0 aliphatic heterocycles. The number of aryl methyl sites for hydroxylation is 1. The van der Waals surface area contributed by atoms with Crippen LogP contribution in [0.15, 0.2) is 46.7 Å². The number of benzene rings is 1. The lowest BCUT2D eigenvalue weighted by molar-refractivity contribution is -0.148. The molecule has 7 nitrogen and oxygen atoms in total. The molecule has 2 aromatic heterocycles. The smallest absolute Gasteiger partial charge is 0.329 e. The molecule has 0 saturated carbocycles. The molecule has 0 saturated heterocycles. The van der Waals surface area contributed by atoms with Crippen molar-refractivity contribution in [3.05, 3.63) is 69.1 Å². The summed E-state index contributed by atoms with van der Waals surface area (Å²) in [4.78, 5) is 41.9. The number of nitrogens with one attached hydrogen (secondary N) is 1. The SMILES string of the molecule is Cc1cccc(C(=O)N[C@@H](C(=O)OCc2cc(=O)n3ccsc3n2)C(C)C)c1. The highest BCUT2D eigenvalue weighted by molar-refractivity contribution is 7.15. The fourth-order valence-electron chi connectivity index (χ4n) is 2.71. The first-order valence-corrected chi connectivity index (χ1v) is 9.73. The summed E-state index contributed by atoms with van der Waals surface area (Å²) in [7, 11) is 0. The maximum Gasteiger partial charge on any atom is 0.329 e. The lowest BCUT2D eigenvalue weighted by Gasteiger charge is -2.21. The van der Waals surface area contributed by atoms with Gasteiger partial charge >= 0.3 is 5.97 Å². The maximum absolute atomic E-state index is 12.5. The summed E-state index contributed by atoms with van der Waals surface area (Å²) in [6.45, 7) is 5.41. The van der Waals surface area contributed by atoms with Gasteiger partial charge in [0.25, 0.3) is 11.5 Å². The summed E-state index contributed by atoms with van der Waals surface area (Å²) >= 11 is 1.32. The third-order valence-electron chi connectivity index (χ3n) is 4.21. The number of hydrogen-bond donors (Lipinski definition) is 1. The topological polar surface area (TPSA) is 89.8 Å². The van der Waals surface area contributed by atoms with Gasteiger partial charge in [-0.15, -0.1) is 11.3 Å². The molecule has 8 heteroatoms. The number of ether oxygens (including phenoxy) is 1. The van der Waals surface area contributed by atoms with E-state index in [2.05, 4.69) is 10.3 Å². The molecule has 1 aromatic carbocycles. The molecule has 1 atom stereocenters. The zero-order valence-electron chi connectivity index (χ0n) is 15.8. The van der Waals surface area contributed by atoms with Crippen molar-refractivity contribution >= 4 is 28.2 Å². The number of hydrogen-bond acceptors (Lipinski definition) is 6. The van der Waals surface area contributed by atoms with Crippen molar-refractivity contribution in [2.75, 3.05) is 0 Å². The van der Waals surface area contributed by atoms with Gasteiger partial charge in [0, 0.05) is 23.2 Å². The fraction of sp³-hybridized carbons (Fsp3) is 0.300. The van der Waals surface area contributed by atoms with Crippen LogP contribution in [0.3, 0.4) is 0 Å². The van der Waals surface area contributed by atoms with Crippen molar-refractivity contribution < 1.29 is 14.3 Å². The van der Waals surface area contributed by atoms with Crippen LogP contribution in [0.4, 0.5) is 0 Å². The molecule has 3 rings (SSSR count). The average Bonchev–Trinajstić information content (AvgIpc) is 3.13. The highest BCUT2D eigenvalue weighted by Crippen LogP contribution is 2.11. The Morgan fingerprint density at radius 1 is 1.29 bits per heavy atom. The minimum absolute atomic E-state index is 0.133. The summed E-state index contributed by atoms with van der Waals surface area (Å²) in [5, 5.41) is 4.49. The van der Waals surface area contributed by atoms with Crippen molar-refractivity contribution in [1.29, 1.82) is 0 Å². The van der Waals surface area contributed by atoms with Gasteiger partial charge < -0.3 is 10.1 Å². The van der Waals surface area contributed by atoms with Crippen LogP contribution in [0.25, 0.3) is 4.96 Å². The zero-order chi connectivity index (χ0) is 20.3. The van der Waals surface area contributed by atoms with Gasteiger partial charge in [0.05, 0.1) is 5.69 Å². The molecule has 0 fully saturated rings. The number of carbonyl (C=O) groups excluding carboxylic acids is 2. The molecule has 1 amide bonds. The van der Waals surface area contributed by atoms with Crippen LogP contribution in [-0.4, -0.2) is 27.3 Å². The Balaban J connectivity index is 1.68. The highest BCUT2D eigenvalue weighted by atomic mass is 32.1. The van der Waals surface area contributed by atoms with Crippen LogP contribution in [0.5, 0.6) is 0 Å². The van der Waals surface area contributed by atoms with Crippen molar-refractivity contribution in [2.45, 2.75) is 33.4 Å². The second-order valence-corrected chi connectivity index (χ2v) is 7.69. The molecule has 0 spiro atoms. The molecule has 2 heterocycles. The molecule has 0 radical (unpaired) electrons. The predicted octanol–water partition coefficient (Wildman–Crippen LogP) is 2.56. The molecule has 0 unspecified atom stereocenters. The summed E-state index contributed by atoms with van der Waals surface area (Å²) < 4.78 is 6.76. The quantitative estimate of drug-likeness (QED) is 0.644. The van der Waals surface area contributed by atoms with E-state index >= 15 is 0 Å². The van der Waals surface area contributed by atoms with Gasteiger partial charge in [-0.05, 0) is 25.0 Å². The van der Waals surface area contributed by atoms with E-state index in [0.717, 1.165) is 5.56 Å². The number of esters is 1. The van der Waals surface area contributed by atoms with Gasteiger partial charge in [0.2, 0.25) is 0 Å². The Labute approximate surface area is 166 Å². The Bertz CT molecular complexity index is 1070. The summed E-state index contributed by atoms with van der Waals surface area (Å²) in [5.74, 6) is -1.07. The molecular formula is C20H21N3O4S. The largest absolute Gasteiger partial charge is 0.458 e. The molecule has 0 bridgehead atoms. The average molecular weight is 399 g/mol. The van der Waals surface area contributed by atoms with Gasteiger partial charge in [0.1, 0.15) is 12.6 Å². The molecule has 0 aliphatic rings. The van der Waals surface area contributed by atoms with Crippen molar-refractivity contribution in [1.82, 2.24) is 14.7 Å². The second kappa shape index (κ2) is 8.35. The molecule has 146 valence electrons. The van der Waals surface area contributed by atoms with E-state index in [-0.39, 0.29) is 24.0 Å². The number of aromatic nitrogens is 2. The molecule has 1 N–H and O–H groups in total. The predicted molar refractivity (Wildman–Crippen MR) is 106 cm³/mol. The van der Waals surface area contributed by atoms with Crippen molar-refractivity contribution in [3.63, 3.8) is 0 Å². The number of rotatable bonds is 6. The van der Waals surface area contributed by atoms with E-state index in [1.807, 2.05) is 26.8 Å². The lowest BCUT2D eigenvalue weighted by Crippen LogP contribution is -2.45.